The minimum Gasteiger partial charge on any atom is -0.335 e. The molecule has 4 aromatic heterocycles. The molecular formula is C24H29ClN10O. The quantitative estimate of drug-likeness (QED) is 0.390. The van der Waals surface area contributed by atoms with Crippen molar-refractivity contribution in [3.05, 3.63) is 51.4 Å². The Morgan fingerprint density at radius 3 is 2.67 bits per heavy atom. The molecule has 1 saturated heterocycles. The van der Waals surface area contributed by atoms with Gasteiger partial charge in [-0.3, -0.25) is 9.47 Å². The van der Waals surface area contributed by atoms with Crippen LogP contribution in [0.1, 0.15) is 51.0 Å². The molecule has 0 amide bonds. The summed E-state index contributed by atoms with van der Waals surface area (Å²) in [5.41, 5.74) is 2.60. The molecule has 5 rings (SSSR count). The Morgan fingerprint density at radius 2 is 1.94 bits per heavy atom. The number of anilines is 1. The maximum absolute atomic E-state index is 12.8. The average molecular weight is 509 g/mol. The van der Waals surface area contributed by atoms with Crippen molar-refractivity contribution < 1.29 is 0 Å². The number of fused-ring (bicyclic) bond motifs is 2. The SMILES string of the molecule is CC[C@H]1CN(C(C)c2ccn3nc(Cl)cc3n2)[C@H](CC)CN1c1nc(=O)n(C)c2cc(CC#N)nn12. The maximum atomic E-state index is 12.8. The molecule has 188 valence electrons. The van der Waals surface area contributed by atoms with Crippen LogP contribution < -0.4 is 10.6 Å². The van der Waals surface area contributed by atoms with Crippen molar-refractivity contribution in [1.29, 1.82) is 5.26 Å². The van der Waals surface area contributed by atoms with Gasteiger partial charge in [0, 0.05) is 56.6 Å². The van der Waals surface area contributed by atoms with E-state index in [-0.39, 0.29) is 30.2 Å². The highest BCUT2D eigenvalue weighted by atomic mass is 35.5. The van der Waals surface area contributed by atoms with Gasteiger partial charge in [0.2, 0.25) is 5.95 Å². The summed E-state index contributed by atoms with van der Waals surface area (Å²) >= 11 is 6.06. The fourth-order valence-corrected chi connectivity index (χ4v) is 5.32. The minimum absolute atomic E-state index is 0.0772. The summed E-state index contributed by atoms with van der Waals surface area (Å²) < 4.78 is 4.86. The highest BCUT2D eigenvalue weighted by Gasteiger charge is 2.37. The lowest BCUT2D eigenvalue weighted by Gasteiger charge is -2.48. The molecule has 0 radical (unpaired) electrons. The molecule has 1 aliphatic heterocycles. The fraction of sp³-hybridized carbons (Fsp3) is 0.500. The van der Waals surface area contributed by atoms with Gasteiger partial charge in [-0.25, -0.2) is 14.3 Å². The van der Waals surface area contributed by atoms with Crippen LogP contribution in [0.25, 0.3) is 11.3 Å². The summed E-state index contributed by atoms with van der Waals surface area (Å²) in [6.45, 7) is 7.98. The van der Waals surface area contributed by atoms with Crippen LogP contribution in [0, 0.1) is 11.3 Å². The van der Waals surface area contributed by atoms with Gasteiger partial charge in [0.15, 0.2) is 10.8 Å². The highest BCUT2D eigenvalue weighted by Crippen LogP contribution is 2.31. The summed E-state index contributed by atoms with van der Waals surface area (Å²) in [5.74, 6) is 0.531. The first-order valence-electron chi connectivity index (χ1n) is 12.2. The van der Waals surface area contributed by atoms with Gasteiger partial charge in [-0.2, -0.15) is 25.0 Å². The lowest BCUT2D eigenvalue weighted by atomic mass is 9.99. The van der Waals surface area contributed by atoms with Crippen LogP contribution in [0.2, 0.25) is 5.15 Å². The van der Waals surface area contributed by atoms with Crippen molar-refractivity contribution in [2.24, 2.45) is 7.05 Å². The lowest BCUT2D eigenvalue weighted by Crippen LogP contribution is -2.59. The Bertz CT molecular complexity index is 1520. The Hall–Kier alpha value is -3.49. The van der Waals surface area contributed by atoms with Crippen LogP contribution in [-0.4, -0.2) is 63.8 Å². The van der Waals surface area contributed by atoms with Crippen molar-refractivity contribution in [3.8, 4) is 6.07 Å². The third-order valence-corrected chi connectivity index (χ3v) is 7.38. The highest BCUT2D eigenvalue weighted by molar-refractivity contribution is 6.29. The standard InChI is InChI=1S/C24H29ClN10O/c1-5-17-14-33(23-28-24(36)31(4)22-11-16(7-9-26)29-35(22)23)18(6-2)13-32(17)15(3)19-8-10-34-21(27-19)12-20(25)30-34/h8,10-12,15,17-18H,5-7,13-14H2,1-4H3/t15?,17-,18+/m1/s1. The van der Waals surface area contributed by atoms with E-state index in [2.05, 4.69) is 51.8 Å². The molecule has 11 nitrogen and oxygen atoms in total. The summed E-state index contributed by atoms with van der Waals surface area (Å²) in [4.78, 5) is 26.7. The van der Waals surface area contributed by atoms with E-state index in [0.29, 0.717) is 29.0 Å². The van der Waals surface area contributed by atoms with Crippen molar-refractivity contribution in [3.63, 3.8) is 0 Å². The predicted molar refractivity (Wildman–Crippen MR) is 136 cm³/mol. The van der Waals surface area contributed by atoms with Gasteiger partial charge < -0.3 is 4.90 Å². The van der Waals surface area contributed by atoms with Gasteiger partial charge in [0.1, 0.15) is 5.65 Å². The van der Waals surface area contributed by atoms with E-state index in [1.807, 2.05) is 12.3 Å². The average Bonchev–Trinajstić information content (AvgIpc) is 3.47. The van der Waals surface area contributed by atoms with Gasteiger partial charge in [-0.15, -0.1) is 0 Å². The number of aromatic nitrogens is 7. The van der Waals surface area contributed by atoms with Crippen molar-refractivity contribution in [2.45, 2.75) is 58.2 Å². The molecule has 12 heteroatoms. The number of hydrogen-bond acceptors (Lipinski definition) is 8. The van der Waals surface area contributed by atoms with E-state index >= 15 is 0 Å². The summed E-state index contributed by atoms with van der Waals surface area (Å²) in [5, 5.41) is 18.4. The summed E-state index contributed by atoms with van der Waals surface area (Å²) in [6.07, 6.45) is 3.86. The molecule has 0 aliphatic carbocycles. The van der Waals surface area contributed by atoms with E-state index in [4.69, 9.17) is 21.8 Å². The Labute approximate surface area is 213 Å². The topological polar surface area (TPSA) is 113 Å². The first-order valence-corrected chi connectivity index (χ1v) is 12.6. The fourth-order valence-electron chi connectivity index (χ4n) is 5.14. The van der Waals surface area contributed by atoms with E-state index in [9.17, 15) is 4.79 Å². The van der Waals surface area contributed by atoms with E-state index < -0.39 is 0 Å². The van der Waals surface area contributed by atoms with Crippen LogP contribution >= 0.6 is 11.6 Å². The minimum atomic E-state index is -0.337. The molecule has 0 bridgehead atoms. The molecule has 3 atom stereocenters. The molecule has 0 saturated carbocycles. The van der Waals surface area contributed by atoms with Crippen LogP contribution in [0.4, 0.5) is 5.95 Å². The molecule has 36 heavy (non-hydrogen) atoms. The zero-order valence-corrected chi connectivity index (χ0v) is 21.6. The molecular weight excluding hydrogens is 480 g/mol. The molecule has 0 spiro atoms. The van der Waals surface area contributed by atoms with E-state index in [1.54, 1.807) is 28.2 Å². The van der Waals surface area contributed by atoms with Crippen LogP contribution in [0.15, 0.2) is 29.2 Å². The van der Waals surface area contributed by atoms with Crippen molar-refractivity contribution in [2.75, 3.05) is 18.0 Å². The second kappa shape index (κ2) is 9.52. The second-order valence-electron chi connectivity index (χ2n) is 9.27. The van der Waals surface area contributed by atoms with Crippen molar-refractivity contribution >= 4 is 28.8 Å². The largest absolute Gasteiger partial charge is 0.352 e. The number of piperazine rings is 1. The summed E-state index contributed by atoms with van der Waals surface area (Å²) in [6, 6.07) is 8.09. The van der Waals surface area contributed by atoms with Gasteiger partial charge in [-0.05, 0) is 25.8 Å². The van der Waals surface area contributed by atoms with Crippen LogP contribution in [-0.2, 0) is 13.5 Å². The first-order chi connectivity index (χ1) is 17.3. The second-order valence-corrected chi connectivity index (χ2v) is 9.65. The van der Waals surface area contributed by atoms with Gasteiger partial charge in [0.05, 0.1) is 23.9 Å². The molecule has 1 unspecified atom stereocenters. The van der Waals surface area contributed by atoms with Gasteiger partial charge in [-0.1, -0.05) is 25.4 Å². The maximum Gasteiger partial charge on any atom is 0.352 e. The molecule has 5 heterocycles. The zero-order chi connectivity index (χ0) is 25.6. The Kier molecular flexibility index (Phi) is 6.40. The zero-order valence-electron chi connectivity index (χ0n) is 20.8. The molecule has 0 N–H and O–H groups in total. The van der Waals surface area contributed by atoms with Crippen molar-refractivity contribution in [1.82, 2.24) is 38.7 Å². The molecule has 1 aliphatic rings. The Balaban J connectivity index is 1.50. The third kappa shape index (κ3) is 4.10. The van der Waals surface area contributed by atoms with Crippen LogP contribution in [0.5, 0.6) is 0 Å². The number of rotatable bonds is 6. The van der Waals surface area contributed by atoms with Crippen LogP contribution in [0.3, 0.4) is 0 Å². The number of aryl methyl sites for hydroxylation is 1. The number of halogens is 1. The van der Waals surface area contributed by atoms with E-state index in [0.717, 1.165) is 30.7 Å². The molecule has 4 aromatic rings. The molecule has 1 fully saturated rings. The number of nitriles is 1. The smallest absolute Gasteiger partial charge is 0.335 e. The number of nitrogens with zero attached hydrogens (tertiary/aromatic N) is 10. The molecule has 0 aromatic carbocycles. The lowest BCUT2D eigenvalue weighted by molar-refractivity contribution is 0.0980. The van der Waals surface area contributed by atoms with E-state index in [1.165, 1.54) is 4.57 Å². The normalized spacial score (nSPS) is 19.7. The Morgan fingerprint density at radius 1 is 1.17 bits per heavy atom. The first kappa shape index (κ1) is 24.2. The monoisotopic (exact) mass is 508 g/mol. The summed E-state index contributed by atoms with van der Waals surface area (Å²) in [7, 11) is 1.68. The van der Waals surface area contributed by atoms with Gasteiger partial charge >= 0.3 is 5.69 Å². The third-order valence-electron chi connectivity index (χ3n) is 7.20. The predicted octanol–water partition coefficient (Wildman–Crippen LogP) is 2.63. The number of hydrogen-bond donors (Lipinski definition) is 0. The van der Waals surface area contributed by atoms with Gasteiger partial charge in [0.25, 0.3) is 0 Å².